The number of aliphatic carboxylic acids is 1. The summed E-state index contributed by atoms with van der Waals surface area (Å²) >= 11 is 11.8. The van der Waals surface area contributed by atoms with Crippen molar-refractivity contribution < 1.29 is 23.1 Å². The van der Waals surface area contributed by atoms with Crippen molar-refractivity contribution in [2.45, 2.75) is 19.1 Å². The quantitative estimate of drug-likeness (QED) is 0.908. The average Bonchev–Trinajstić information content (AvgIpc) is 2.79. The van der Waals surface area contributed by atoms with Crippen molar-refractivity contribution in [1.82, 2.24) is 4.90 Å². The first-order chi connectivity index (χ1) is 9.65. The summed E-state index contributed by atoms with van der Waals surface area (Å²) in [6.45, 7) is -0.423. The van der Waals surface area contributed by atoms with Crippen molar-refractivity contribution >= 4 is 29.2 Å². The minimum Gasteiger partial charge on any atom is -0.481 e. The van der Waals surface area contributed by atoms with Crippen LogP contribution >= 0.6 is 23.2 Å². The van der Waals surface area contributed by atoms with E-state index < -0.39 is 30.5 Å². The molecule has 0 amide bonds. The molecule has 0 aliphatic carbocycles. The first-order valence-electron chi connectivity index (χ1n) is 6.12. The molecule has 116 valence electrons. The molecule has 1 unspecified atom stereocenters. The zero-order valence-electron chi connectivity index (χ0n) is 10.8. The molecule has 0 spiro atoms. The predicted molar refractivity (Wildman–Crippen MR) is 72.5 cm³/mol. The molecule has 1 aliphatic heterocycles. The van der Waals surface area contributed by atoms with Crippen LogP contribution in [0.25, 0.3) is 0 Å². The molecule has 1 aromatic carbocycles. The number of benzene rings is 1. The molecule has 1 fully saturated rings. The van der Waals surface area contributed by atoms with Gasteiger partial charge in [0.1, 0.15) is 0 Å². The van der Waals surface area contributed by atoms with Crippen LogP contribution in [0.2, 0.25) is 10.0 Å². The number of alkyl halides is 3. The van der Waals surface area contributed by atoms with Gasteiger partial charge in [0.2, 0.25) is 0 Å². The largest absolute Gasteiger partial charge is 0.481 e. The van der Waals surface area contributed by atoms with Crippen molar-refractivity contribution in [1.29, 1.82) is 0 Å². The van der Waals surface area contributed by atoms with E-state index in [-0.39, 0.29) is 13.1 Å². The third-order valence-corrected chi connectivity index (χ3v) is 4.31. The lowest BCUT2D eigenvalue weighted by Crippen LogP contribution is -2.47. The van der Waals surface area contributed by atoms with Crippen molar-refractivity contribution in [2.24, 2.45) is 5.41 Å². The highest BCUT2D eigenvalue weighted by Gasteiger charge is 2.63. The van der Waals surface area contributed by atoms with Gasteiger partial charge in [-0.1, -0.05) is 23.2 Å². The zero-order chi connectivity index (χ0) is 15.8. The number of carboxylic acids is 1. The van der Waals surface area contributed by atoms with Crippen LogP contribution in [0.15, 0.2) is 18.2 Å². The Morgan fingerprint density at radius 3 is 2.57 bits per heavy atom. The molecular weight excluding hydrogens is 330 g/mol. The van der Waals surface area contributed by atoms with Crippen LogP contribution in [-0.2, 0) is 11.3 Å². The fourth-order valence-electron chi connectivity index (χ4n) is 2.46. The first kappa shape index (κ1) is 16.4. The third-order valence-electron chi connectivity index (χ3n) is 3.70. The van der Waals surface area contributed by atoms with Crippen molar-refractivity contribution in [3.63, 3.8) is 0 Å². The van der Waals surface area contributed by atoms with Gasteiger partial charge in [-0.2, -0.15) is 13.2 Å². The summed E-state index contributed by atoms with van der Waals surface area (Å²) < 4.78 is 39.2. The Balaban J connectivity index is 2.19. The molecule has 1 heterocycles. The SMILES string of the molecule is O=C(O)C1(C(F)(F)F)CCN(Cc2cc(Cl)ccc2Cl)C1. The Hall–Kier alpha value is -0.980. The molecule has 1 saturated heterocycles. The third kappa shape index (κ3) is 3.12. The lowest BCUT2D eigenvalue weighted by Gasteiger charge is -2.27. The van der Waals surface area contributed by atoms with Crippen LogP contribution in [-0.4, -0.2) is 35.2 Å². The molecule has 1 atom stereocenters. The van der Waals surface area contributed by atoms with Crippen molar-refractivity contribution in [2.75, 3.05) is 13.1 Å². The Morgan fingerprint density at radius 2 is 2.05 bits per heavy atom. The van der Waals surface area contributed by atoms with Gasteiger partial charge in [-0.3, -0.25) is 9.69 Å². The van der Waals surface area contributed by atoms with Gasteiger partial charge in [-0.05, 0) is 30.2 Å². The maximum absolute atomic E-state index is 13.1. The molecule has 1 aliphatic rings. The van der Waals surface area contributed by atoms with E-state index in [1.165, 1.54) is 4.90 Å². The summed E-state index contributed by atoms with van der Waals surface area (Å²) in [6, 6.07) is 4.70. The number of hydrogen-bond donors (Lipinski definition) is 1. The van der Waals surface area contributed by atoms with Crippen LogP contribution in [0.1, 0.15) is 12.0 Å². The summed E-state index contributed by atoms with van der Waals surface area (Å²) in [5.41, 5.74) is -2.13. The number of hydrogen-bond acceptors (Lipinski definition) is 2. The summed E-state index contributed by atoms with van der Waals surface area (Å²) in [7, 11) is 0. The zero-order valence-corrected chi connectivity index (χ0v) is 12.3. The smallest absolute Gasteiger partial charge is 0.406 e. The standard InChI is InChI=1S/C13H12Cl2F3NO2/c14-9-1-2-10(15)8(5-9)6-19-4-3-12(7-19,11(20)21)13(16,17)18/h1-2,5H,3-4,6-7H2,(H,20,21). The van der Waals surface area contributed by atoms with E-state index in [9.17, 15) is 18.0 Å². The van der Waals surface area contributed by atoms with E-state index in [0.29, 0.717) is 15.6 Å². The fraction of sp³-hybridized carbons (Fsp3) is 0.462. The van der Waals surface area contributed by atoms with Crippen LogP contribution < -0.4 is 0 Å². The van der Waals surface area contributed by atoms with E-state index in [1.54, 1.807) is 18.2 Å². The Labute approximate surface area is 129 Å². The molecule has 21 heavy (non-hydrogen) atoms. The molecule has 3 nitrogen and oxygen atoms in total. The number of rotatable bonds is 3. The van der Waals surface area contributed by atoms with Crippen LogP contribution in [0.4, 0.5) is 13.2 Å². The highest BCUT2D eigenvalue weighted by molar-refractivity contribution is 6.33. The summed E-state index contributed by atoms with van der Waals surface area (Å²) in [4.78, 5) is 12.5. The second-order valence-corrected chi connectivity index (χ2v) is 5.93. The van der Waals surface area contributed by atoms with Gasteiger partial charge in [-0.25, -0.2) is 0 Å². The minimum absolute atomic E-state index is 0.0364. The maximum Gasteiger partial charge on any atom is 0.406 e. The molecule has 1 N–H and O–H groups in total. The van der Waals surface area contributed by atoms with E-state index in [1.807, 2.05) is 0 Å². The monoisotopic (exact) mass is 341 g/mol. The lowest BCUT2D eigenvalue weighted by molar-refractivity contribution is -0.227. The lowest BCUT2D eigenvalue weighted by atomic mass is 9.86. The molecule has 0 aromatic heterocycles. The Morgan fingerprint density at radius 1 is 1.38 bits per heavy atom. The van der Waals surface area contributed by atoms with Crippen LogP contribution in [0, 0.1) is 5.41 Å². The van der Waals surface area contributed by atoms with Gasteiger partial charge in [0.15, 0.2) is 5.41 Å². The van der Waals surface area contributed by atoms with Gasteiger partial charge in [0.25, 0.3) is 0 Å². The van der Waals surface area contributed by atoms with Gasteiger partial charge in [-0.15, -0.1) is 0 Å². The van der Waals surface area contributed by atoms with Crippen LogP contribution in [0.5, 0.6) is 0 Å². The molecule has 2 rings (SSSR count). The summed E-state index contributed by atoms with van der Waals surface area (Å²) in [5, 5.41) is 9.80. The Kier molecular flexibility index (Phi) is 4.42. The minimum atomic E-state index is -4.79. The number of halogens is 5. The van der Waals surface area contributed by atoms with E-state index in [0.717, 1.165) is 0 Å². The molecule has 8 heteroatoms. The average molecular weight is 342 g/mol. The maximum atomic E-state index is 13.1. The number of carboxylic acid groups (broad SMARTS) is 1. The van der Waals surface area contributed by atoms with E-state index in [2.05, 4.69) is 0 Å². The van der Waals surface area contributed by atoms with E-state index >= 15 is 0 Å². The normalized spacial score (nSPS) is 23.5. The van der Waals surface area contributed by atoms with Crippen LogP contribution in [0.3, 0.4) is 0 Å². The van der Waals surface area contributed by atoms with Gasteiger partial charge in [0, 0.05) is 29.7 Å². The van der Waals surface area contributed by atoms with Gasteiger partial charge in [0.05, 0.1) is 0 Å². The van der Waals surface area contributed by atoms with E-state index in [4.69, 9.17) is 28.3 Å². The second kappa shape index (κ2) is 5.66. The molecular formula is C13H12Cl2F3NO2. The van der Waals surface area contributed by atoms with Crippen molar-refractivity contribution in [3.05, 3.63) is 33.8 Å². The number of carbonyl (C=O) groups is 1. The summed E-state index contributed by atoms with van der Waals surface area (Å²) in [5.74, 6) is -1.84. The molecule has 0 saturated carbocycles. The van der Waals surface area contributed by atoms with Gasteiger partial charge < -0.3 is 5.11 Å². The fourth-order valence-corrected chi connectivity index (χ4v) is 2.83. The first-order valence-corrected chi connectivity index (χ1v) is 6.88. The highest BCUT2D eigenvalue weighted by atomic mass is 35.5. The summed E-state index contributed by atoms with van der Waals surface area (Å²) in [6.07, 6.45) is -5.25. The highest BCUT2D eigenvalue weighted by Crippen LogP contribution is 2.46. The second-order valence-electron chi connectivity index (χ2n) is 5.08. The predicted octanol–water partition coefficient (Wildman–Crippen LogP) is 3.83. The Bertz CT molecular complexity index is 565. The number of likely N-dealkylation sites (tertiary alicyclic amines) is 1. The molecule has 0 bridgehead atoms. The van der Waals surface area contributed by atoms with Crippen molar-refractivity contribution in [3.8, 4) is 0 Å². The number of nitrogens with zero attached hydrogens (tertiary/aromatic N) is 1. The van der Waals surface area contributed by atoms with Gasteiger partial charge >= 0.3 is 12.1 Å². The molecule has 0 radical (unpaired) electrons. The molecule has 1 aromatic rings. The topological polar surface area (TPSA) is 40.5 Å².